The summed E-state index contributed by atoms with van der Waals surface area (Å²) in [7, 11) is 0. The molecule has 0 spiro atoms. The van der Waals surface area contributed by atoms with E-state index in [1.54, 1.807) is 0 Å². The van der Waals surface area contributed by atoms with E-state index >= 15 is 0 Å². The highest BCUT2D eigenvalue weighted by atomic mass is 19.2. The van der Waals surface area contributed by atoms with Gasteiger partial charge in [-0.05, 0) is 6.07 Å². The van der Waals surface area contributed by atoms with Crippen LogP contribution in [0.4, 0.5) is 13.2 Å². The van der Waals surface area contributed by atoms with Crippen LogP contribution < -0.4 is 0 Å². The molecule has 0 saturated heterocycles. The Bertz CT molecular complexity index is 497. The summed E-state index contributed by atoms with van der Waals surface area (Å²) in [5, 5.41) is 0. The standard InChI is InChI=1S/C11H4F3N/c12-8-4-7(5-15-6-8)9-2-1-3-10(13)11(9)14/h1-2,4-5H. The van der Waals surface area contributed by atoms with Crippen molar-refractivity contribution in [1.29, 1.82) is 0 Å². The Kier molecular flexibility index (Phi) is 2.41. The Balaban J connectivity index is 2.59. The Morgan fingerprint density at radius 3 is 2.73 bits per heavy atom. The van der Waals surface area contributed by atoms with Gasteiger partial charge in [0.25, 0.3) is 0 Å². The molecule has 1 heterocycles. The normalized spacial score (nSPS) is 10.3. The van der Waals surface area contributed by atoms with Gasteiger partial charge in [-0.1, -0.05) is 12.1 Å². The van der Waals surface area contributed by atoms with Crippen LogP contribution in [0.25, 0.3) is 11.1 Å². The number of rotatable bonds is 1. The summed E-state index contributed by atoms with van der Waals surface area (Å²) in [6.07, 6.45) is 3.24. The van der Waals surface area contributed by atoms with Gasteiger partial charge in [-0.15, -0.1) is 0 Å². The number of hydrogen-bond acceptors (Lipinski definition) is 1. The van der Waals surface area contributed by atoms with Crippen molar-refractivity contribution in [3.05, 3.63) is 54.1 Å². The van der Waals surface area contributed by atoms with Gasteiger partial charge in [0.05, 0.1) is 0 Å². The van der Waals surface area contributed by atoms with Gasteiger partial charge in [-0.3, -0.25) is 4.98 Å². The Morgan fingerprint density at radius 2 is 2.00 bits per heavy atom. The molecule has 1 aromatic heterocycles. The van der Waals surface area contributed by atoms with Crippen molar-refractivity contribution in [2.75, 3.05) is 0 Å². The molecular formula is C11H4F3N. The van der Waals surface area contributed by atoms with Crippen LogP contribution in [0.2, 0.25) is 0 Å². The van der Waals surface area contributed by atoms with E-state index in [1.807, 2.05) is 6.20 Å². The molecule has 2 aromatic rings. The van der Waals surface area contributed by atoms with Gasteiger partial charge < -0.3 is 0 Å². The average Bonchev–Trinajstić information content (AvgIpc) is 2.22. The highest BCUT2D eigenvalue weighted by Gasteiger charge is 2.10. The lowest BCUT2D eigenvalue weighted by atomic mass is 10.1. The Hall–Kier alpha value is -1.84. The zero-order valence-electron chi connectivity index (χ0n) is 7.39. The lowest BCUT2D eigenvalue weighted by molar-refractivity contribution is 0.509. The molecule has 0 bridgehead atoms. The molecule has 0 saturated carbocycles. The lowest BCUT2D eigenvalue weighted by Gasteiger charge is -2.02. The summed E-state index contributed by atoms with van der Waals surface area (Å²) in [4.78, 5) is 3.43. The van der Waals surface area contributed by atoms with Crippen molar-refractivity contribution < 1.29 is 13.2 Å². The molecular weight excluding hydrogens is 203 g/mol. The van der Waals surface area contributed by atoms with Crippen molar-refractivity contribution in [2.45, 2.75) is 0 Å². The molecule has 0 aliphatic heterocycles. The van der Waals surface area contributed by atoms with Crippen LogP contribution in [0.15, 0.2) is 24.4 Å². The minimum absolute atomic E-state index is 0.0494. The number of pyridine rings is 1. The fourth-order valence-electron chi connectivity index (χ4n) is 1.19. The monoisotopic (exact) mass is 207 g/mol. The smallest absolute Gasteiger partial charge is 0.167 e. The number of nitrogens with zero attached hydrogens (tertiary/aromatic N) is 1. The molecule has 2 rings (SSSR count). The van der Waals surface area contributed by atoms with Gasteiger partial charge in [0, 0.05) is 23.4 Å². The molecule has 2 radical (unpaired) electrons. The molecule has 0 N–H and O–H groups in total. The van der Waals surface area contributed by atoms with Crippen molar-refractivity contribution in [3.63, 3.8) is 0 Å². The number of hydrogen-bond donors (Lipinski definition) is 0. The van der Waals surface area contributed by atoms with Crippen molar-refractivity contribution in [1.82, 2.24) is 4.98 Å². The molecule has 1 aromatic carbocycles. The topological polar surface area (TPSA) is 12.9 Å². The van der Waals surface area contributed by atoms with Crippen molar-refractivity contribution in [3.8, 4) is 11.1 Å². The Labute approximate surface area is 84.2 Å². The lowest BCUT2D eigenvalue weighted by Crippen LogP contribution is -1.91. The van der Waals surface area contributed by atoms with E-state index in [9.17, 15) is 13.2 Å². The second-order valence-corrected chi connectivity index (χ2v) is 2.84. The van der Waals surface area contributed by atoms with Gasteiger partial charge in [0.2, 0.25) is 0 Å². The van der Waals surface area contributed by atoms with Crippen LogP contribution in [0.5, 0.6) is 0 Å². The van der Waals surface area contributed by atoms with E-state index in [4.69, 9.17) is 0 Å². The zero-order chi connectivity index (χ0) is 10.8. The highest BCUT2D eigenvalue weighted by molar-refractivity contribution is 5.62. The second-order valence-electron chi connectivity index (χ2n) is 2.84. The van der Waals surface area contributed by atoms with Gasteiger partial charge in [-0.2, -0.15) is 0 Å². The SMILES string of the molecule is Fc1[c]ncc(-c2cc[c]c(F)c2F)c1. The minimum Gasteiger partial charge on any atom is -0.251 e. The summed E-state index contributed by atoms with van der Waals surface area (Å²) in [5.41, 5.74) is 0.114. The largest absolute Gasteiger partial charge is 0.251 e. The second kappa shape index (κ2) is 3.73. The minimum atomic E-state index is -1.10. The van der Waals surface area contributed by atoms with E-state index in [-0.39, 0.29) is 11.1 Å². The van der Waals surface area contributed by atoms with Gasteiger partial charge in [0.1, 0.15) is 6.20 Å². The Morgan fingerprint density at radius 1 is 1.20 bits per heavy atom. The van der Waals surface area contributed by atoms with E-state index in [0.29, 0.717) is 0 Å². The zero-order valence-corrected chi connectivity index (χ0v) is 7.39. The molecule has 0 atom stereocenters. The van der Waals surface area contributed by atoms with Crippen LogP contribution >= 0.6 is 0 Å². The molecule has 15 heavy (non-hydrogen) atoms. The fourth-order valence-corrected chi connectivity index (χ4v) is 1.19. The first-order valence-corrected chi connectivity index (χ1v) is 4.08. The van der Waals surface area contributed by atoms with Gasteiger partial charge in [-0.25, -0.2) is 13.2 Å². The summed E-state index contributed by atoms with van der Waals surface area (Å²) < 4.78 is 38.8. The van der Waals surface area contributed by atoms with Gasteiger partial charge in [0.15, 0.2) is 17.5 Å². The molecule has 74 valence electrons. The van der Waals surface area contributed by atoms with Crippen LogP contribution in [0.1, 0.15) is 0 Å². The van der Waals surface area contributed by atoms with Crippen molar-refractivity contribution >= 4 is 0 Å². The van der Waals surface area contributed by atoms with Crippen molar-refractivity contribution in [2.24, 2.45) is 0 Å². The first-order chi connectivity index (χ1) is 7.18. The summed E-state index contributed by atoms with van der Waals surface area (Å²) in [6, 6.07) is 5.62. The van der Waals surface area contributed by atoms with Crippen LogP contribution in [0.3, 0.4) is 0 Å². The highest BCUT2D eigenvalue weighted by Crippen LogP contribution is 2.23. The van der Waals surface area contributed by atoms with E-state index in [2.05, 4.69) is 11.1 Å². The first kappa shape index (κ1) is 9.71. The maximum atomic E-state index is 13.3. The third-order valence-corrected chi connectivity index (χ3v) is 1.86. The molecule has 4 heteroatoms. The third-order valence-electron chi connectivity index (χ3n) is 1.86. The van der Waals surface area contributed by atoms with E-state index < -0.39 is 17.5 Å². The summed E-state index contributed by atoms with van der Waals surface area (Å²) in [6.45, 7) is 0. The molecule has 1 nitrogen and oxygen atoms in total. The van der Waals surface area contributed by atoms with E-state index in [0.717, 1.165) is 6.07 Å². The molecule has 0 aliphatic carbocycles. The number of halogens is 3. The molecule has 0 aliphatic rings. The summed E-state index contributed by atoms with van der Waals surface area (Å²) >= 11 is 0. The number of aromatic nitrogens is 1. The number of benzene rings is 1. The molecule has 0 fully saturated rings. The average molecular weight is 207 g/mol. The van der Waals surface area contributed by atoms with E-state index in [1.165, 1.54) is 18.3 Å². The predicted molar refractivity (Wildman–Crippen MR) is 47.2 cm³/mol. The first-order valence-electron chi connectivity index (χ1n) is 4.08. The maximum Gasteiger partial charge on any atom is 0.167 e. The van der Waals surface area contributed by atoms with Crippen LogP contribution in [-0.2, 0) is 0 Å². The molecule has 0 unspecified atom stereocenters. The van der Waals surface area contributed by atoms with Crippen LogP contribution in [-0.4, -0.2) is 4.98 Å². The summed E-state index contributed by atoms with van der Waals surface area (Å²) in [5.74, 6) is -2.88. The third kappa shape index (κ3) is 1.83. The predicted octanol–water partition coefficient (Wildman–Crippen LogP) is 2.77. The quantitative estimate of drug-likeness (QED) is 0.700. The maximum absolute atomic E-state index is 13.3. The van der Waals surface area contributed by atoms with Gasteiger partial charge >= 0.3 is 0 Å². The fraction of sp³-hybridized carbons (Fsp3) is 0. The van der Waals surface area contributed by atoms with Crippen LogP contribution in [0, 0.1) is 29.7 Å². The molecule has 0 amide bonds.